The molecular weight excluding hydrogens is 473 g/mol. The number of H-pyrrole nitrogens is 1. The number of nitrogens with one attached hydrogen (secondary N) is 1. The van der Waals surface area contributed by atoms with Crippen molar-refractivity contribution in [3.05, 3.63) is 42.1 Å². The van der Waals surface area contributed by atoms with E-state index in [4.69, 9.17) is 6.11 Å². The van der Waals surface area contributed by atoms with Crippen molar-refractivity contribution in [2.45, 2.75) is 31.4 Å². The Morgan fingerprint density at radius 1 is 1.37 bits per heavy atom. The van der Waals surface area contributed by atoms with Crippen LogP contribution in [0, 0.1) is 5.82 Å². The van der Waals surface area contributed by atoms with Crippen molar-refractivity contribution < 1.29 is 28.1 Å². The Bertz CT molecular complexity index is 1510. The first-order valence-corrected chi connectivity index (χ1v) is 10.8. The second-order valence-corrected chi connectivity index (χ2v) is 8.47. The summed E-state index contributed by atoms with van der Waals surface area (Å²) < 4.78 is 86.3. The van der Waals surface area contributed by atoms with Crippen molar-refractivity contribution in [2.75, 3.05) is 27.2 Å². The van der Waals surface area contributed by atoms with Crippen LogP contribution < -0.4 is 10.4 Å². The molecule has 0 saturated carbocycles. The number of hydrogen-bond acceptors (Lipinski definition) is 5. The summed E-state index contributed by atoms with van der Waals surface area (Å²) in [6, 6.07) is 3.22. The molecule has 0 amide bonds. The highest BCUT2D eigenvalue weighted by atomic mass is 19.3. The van der Waals surface area contributed by atoms with Gasteiger partial charge >= 0.3 is 0 Å². The summed E-state index contributed by atoms with van der Waals surface area (Å²) >= 11 is 0. The molecule has 0 spiro atoms. The first kappa shape index (κ1) is 22.0. The van der Waals surface area contributed by atoms with Gasteiger partial charge in [-0.25, -0.2) is 31.9 Å². The van der Waals surface area contributed by atoms with Crippen LogP contribution in [0.5, 0.6) is 5.88 Å². The Morgan fingerprint density at radius 3 is 2.89 bits per heavy atom. The summed E-state index contributed by atoms with van der Waals surface area (Å²) in [6.45, 7) is -0.634. The first-order chi connectivity index (χ1) is 17.1. The molecule has 1 atom stereocenters. The number of alkyl halides is 4. The van der Waals surface area contributed by atoms with Crippen LogP contribution in [0.2, 0.25) is 0 Å². The second kappa shape index (κ2) is 8.63. The molecule has 1 N–H and O–H groups in total. The molecule has 4 aromatic rings. The van der Waals surface area contributed by atoms with E-state index in [0.717, 1.165) is 4.52 Å². The number of nitrogens with zero attached hydrogens (tertiary/aromatic N) is 6. The minimum atomic E-state index is -3.10. The number of fused-ring (bicyclic) bond motifs is 2. The molecule has 1 aromatic carbocycles. The third-order valence-electron chi connectivity index (χ3n) is 5.98. The number of ether oxygens (including phenoxy) is 1. The highest BCUT2D eigenvalue weighted by Crippen LogP contribution is 2.34. The lowest BCUT2D eigenvalue weighted by molar-refractivity contribution is -0.0738. The third kappa shape index (κ3) is 4.24. The van der Waals surface area contributed by atoms with Gasteiger partial charge in [0.15, 0.2) is 5.82 Å². The van der Waals surface area contributed by atoms with Gasteiger partial charge in [0.05, 0.1) is 50.7 Å². The van der Waals surface area contributed by atoms with Gasteiger partial charge in [-0.1, -0.05) is 6.07 Å². The Morgan fingerprint density at radius 2 is 2.17 bits per heavy atom. The molecule has 0 unspecified atom stereocenters. The highest BCUT2D eigenvalue weighted by molar-refractivity contribution is 5.89. The maximum Gasteiger partial charge on any atom is 0.282 e. The van der Waals surface area contributed by atoms with Gasteiger partial charge in [-0.05, 0) is 31.2 Å². The zero-order valence-electron chi connectivity index (χ0n) is 19.8. The Labute approximate surface area is 197 Å². The van der Waals surface area contributed by atoms with E-state index in [9.17, 15) is 17.6 Å². The van der Waals surface area contributed by atoms with Crippen molar-refractivity contribution in [1.82, 2.24) is 29.0 Å². The van der Waals surface area contributed by atoms with Crippen molar-refractivity contribution in [3.8, 4) is 17.0 Å². The van der Waals surface area contributed by atoms with Crippen LogP contribution >= 0.6 is 0 Å². The first-order valence-electron chi connectivity index (χ1n) is 11.3. The monoisotopic (exact) mass is 496 g/mol. The van der Waals surface area contributed by atoms with Crippen LogP contribution in [0.25, 0.3) is 27.7 Å². The number of piperidine rings is 1. The number of benzene rings is 1. The predicted octanol–water partition coefficient (Wildman–Crippen LogP) is 3.33. The van der Waals surface area contributed by atoms with Crippen LogP contribution in [-0.4, -0.2) is 74.7 Å². The third-order valence-corrected chi connectivity index (χ3v) is 5.98. The van der Waals surface area contributed by atoms with E-state index < -0.39 is 43.5 Å². The minimum absolute atomic E-state index is 0.0355. The van der Waals surface area contributed by atoms with Gasteiger partial charge < -0.3 is 14.2 Å². The van der Waals surface area contributed by atoms with E-state index in [-0.39, 0.29) is 34.6 Å². The molecular formula is C22H22F5N7O. The fraction of sp³-hybridized carbons (Fsp3) is 0.409. The summed E-state index contributed by atoms with van der Waals surface area (Å²) in [4.78, 5) is 13.8. The van der Waals surface area contributed by atoms with Gasteiger partial charge in [-0.15, -0.1) is 0 Å². The van der Waals surface area contributed by atoms with Crippen molar-refractivity contribution in [1.29, 1.82) is 0 Å². The van der Waals surface area contributed by atoms with E-state index >= 15 is 4.39 Å². The van der Waals surface area contributed by atoms with Crippen LogP contribution in [-0.2, 0) is 6.54 Å². The summed E-state index contributed by atoms with van der Waals surface area (Å²) in [6.07, 6.45) is -1.86. The quantitative estimate of drug-likeness (QED) is 0.430. The molecule has 3 aromatic heterocycles. The number of methoxy groups -OCH3 is 1. The Hall–Kier alpha value is -3.48. The lowest BCUT2D eigenvalue weighted by Crippen LogP contribution is -2.50. The molecule has 8 nitrogen and oxygen atoms in total. The standard InChI is InChI=1S/C22H22F5N7O/c1-32-6-5-16(22(26,27)10-32)29-21-30-20(35-2)19-18(13(23)8-34(19)31-21)12-3-4-14-15(7-12)33(11-28-14)9-17(24)25/h3-4,7-8,11,16-17H,5-6,9-10H2,1-2H3,(H,29,31)/t16-/m1/s1/i8D. The lowest BCUT2D eigenvalue weighted by Gasteiger charge is -2.33. The van der Waals surface area contributed by atoms with Crippen molar-refractivity contribution in [3.63, 3.8) is 0 Å². The molecule has 35 heavy (non-hydrogen) atoms. The molecule has 186 valence electrons. The van der Waals surface area contributed by atoms with Crippen molar-refractivity contribution >= 4 is 16.6 Å². The summed E-state index contributed by atoms with van der Waals surface area (Å²) in [5, 5.41) is 2.63. The van der Waals surface area contributed by atoms with Crippen LogP contribution in [0.1, 0.15) is 7.79 Å². The van der Waals surface area contributed by atoms with Gasteiger partial charge in [0.1, 0.15) is 11.6 Å². The minimum Gasteiger partial charge on any atom is -0.479 e. The molecule has 0 bridgehead atoms. The molecule has 1 fully saturated rings. The summed E-state index contributed by atoms with van der Waals surface area (Å²) in [5.41, 5.74) is 0.786. The molecule has 0 radical (unpaired) electrons. The van der Waals surface area contributed by atoms with Crippen LogP contribution in [0.3, 0.4) is 0 Å². The maximum absolute atomic E-state index is 15.4. The van der Waals surface area contributed by atoms with Gasteiger partial charge in [0.25, 0.3) is 12.3 Å². The van der Waals surface area contributed by atoms with E-state index in [2.05, 4.69) is 20.1 Å². The predicted molar refractivity (Wildman–Crippen MR) is 117 cm³/mol. The van der Waals surface area contributed by atoms with E-state index in [1.165, 1.54) is 35.0 Å². The molecule has 1 aliphatic heterocycles. The average Bonchev–Trinajstić information content (AvgIpc) is 3.32. The molecule has 0 aliphatic carbocycles. The molecule has 5 rings (SSSR count). The normalized spacial score (nSPS) is 19.7. The smallest absolute Gasteiger partial charge is 0.282 e. The summed E-state index contributed by atoms with van der Waals surface area (Å²) in [5.74, 6) is -4.18. The molecule has 1 saturated heterocycles. The SMILES string of the molecule is [2H]c1c(F)c(-c2ccc3ncn(CC(F)F)c3c2)c2c(OC)nc(=N[C@@H]3CCN(C)CC3(F)F)[nH]n12. The average molecular weight is 496 g/mol. The van der Waals surface area contributed by atoms with E-state index in [1.807, 2.05) is 0 Å². The topological polar surface area (TPSA) is 75.7 Å². The van der Waals surface area contributed by atoms with E-state index in [0.29, 0.717) is 17.6 Å². The fourth-order valence-corrected chi connectivity index (χ4v) is 4.36. The summed E-state index contributed by atoms with van der Waals surface area (Å²) in [7, 11) is 2.87. The number of aromatic nitrogens is 5. The van der Waals surface area contributed by atoms with Gasteiger partial charge in [-0.3, -0.25) is 9.61 Å². The maximum atomic E-state index is 15.4. The molecule has 4 heterocycles. The number of aromatic amines is 1. The Balaban J connectivity index is 1.67. The zero-order chi connectivity index (χ0) is 25.8. The fourth-order valence-electron chi connectivity index (χ4n) is 4.36. The van der Waals surface area contributed by atoms with Crippen molar-refractivity contribution in [2.24, 2.45) is 4.99 Å². The zero-order valence-corrected chi connectivity index (χ0v) is 18.8. The number of hydrogen-bond donors (Lipinski definition) is 1. The number of rotatable bonds is 5. The lowest BCUT2D eigenvalue weighted by atomic mass is 10.0. The largest absolute Gasteiger partial charge is 0.479 e. The molecule has 1 aliphatic rings. The van der Waals surface area contributed by atoms with Gasteiger partial charge in [-0.2, -0.15) is 4.98 Å². The van der Waals surface area contributed by atoms with Gasteiger partial charge in [0.2, 0.25) is 11.5 Å². The number of imidazole rings is 1. The number of likely N-dealkylation sites (tertiary alicyclic amines) is 1. The molecule has 13 heteroatoms. The number of halogens is 5. The van der Waals surface area contributed by atoms with Crippen LogP contribution in [0.15, 0.2) is 35.7 Å². The van der Waals surface area contributed by atoms with Crippen LogP contribution in [0.4, 0.5) is 22.0 Å². The second-order valence-electron chi connectivity index (χ2n) is 8.47. The van der Waals surface area contributed by atoms with E-state index in [1.54, 1.807) is 13.1 Å². The van der Waals surface area contributed by atoms with Gasteiger partial charge in [0, 0.05) is 6.54 Å². The Kier molecular flexibility index (Phi) is 5.43. The highest BCUT2D eigenvalue weighted by Gasteiger charge is 2.43.